The van der Waals surface area contributed by atoms with Crippen LogP contribution in [-0.2, 0) is 13.5 Å². The first-order valence-electron chi connectivity index (χ1n) is 7.51. The Morgan fingerprint density at radius 1 is 1.37 bits per heavy atom. The fraction of sp³-hybridized carbons (Fsp3) is 0.800. The van der Waals surface area contributed by atoms with Crippen LogP contribution in [0.25, 0.3) is 0 Å². The van der Waals surface area contributed by atoms with E-state index < -0.39 is 0 Å². The van der Waals surface area contributed by atoms with Crippen LogP contribution >= 0.6 is 11.6 Å². The van der Waals surface area contributed by atoms with Gasteiger partial charge in [0.25, 0.3) is 0 Å². The Morgan fingerprint density at radius 2 is 2.16 bits per heavy atom. The molecule has 0 aliphatic carbocycles. The Labute approximate surface area is 121 Å². The van der Waals surface area contributed by atoms with Crippen molar-refractivity contribution in [2.75, 3.05) is 6.54 Å². The van der Waals surface area contributed by atoms with Gasteiger partial charge >= 0.3 is 0 Å². The number of aromatic nitrogens is 2. The number of halogens is 1. The molecule has 1 N–H and O–H groups in total. The molecule has 1 atom stereocenters. The monoisotopic (exact) mass is 283 g/mol. The van der Waals surface area contributed by atoms with Crippen LogP contribution in [0, 0.1) is 6.92 Å². The second kappa shape index (κ2) is 6.27. The molecule has 1 aliphatic rings. The summed E-state index contributed by atoms with van der Waals surface area (Å²) in [5.41, 5.74) is 2.53. The molecule has 2 rings (SSSR count). The number of nitrogens with zero attached hydrogens (tertiary/aromatic N) is 2. The predicted octanol–water partition coefficient (Wildman–Crippen LogP) is 3.63. The van der Waals surface area contributed by atoms with E-state index in [2.05, 4.69) is 24.3 Å². The van der Waals surface area contributed by atoms with E-state index in [4.69, 9.17) is 11.6 Å². The summed E-state index contributed by atoms with van der Waals surface area (Å²) in [7, 11) is 1.92. The maximum Gasteiger partial charge on any atom is 0.130 e. The highest BCUT2D eigenvalue weighted by Gasteiger charge is 2.32. The average Bonchev–Trinajstić information content (AvgIpc) is 2.59. The molecule has 1 aromatic rings. The SMILES string of the molecule is CCCC1(Cc2c(C)nn(C)c2Cl)CCCCCN1. The summed E-state index contributed by atoms with van der Waals surface area (Å²) in [6.07, 6.45) is 8.67. The second-order valence-electron chi connectivity index (χ2n) is 5.92. The van der Waals surface area contributed by atoms with Crippen LogP contribution in [0.3, 0.4) is 0 Å². The fourth-order valence-corrected chi connectivity index (χ4v) is 3.59. The Morgan fingerprint density at radius 3 is 2.79 bits per heavy atom. The van der Waals surface area contributed by atoms with Crippen molar-refractivity contribution in [3.05, 3.63) is 16.4 Å². The van der Waals surface area contributed by atoms with Gasteiger partial charge in [-0.2, -0.15) is 5.10 Å². The van der Waals surface area contributed by atoms with Gasteiger partial charge in [-0.1, -0.05) is 37.8 Å². The van der Waals surface area contributed by atoms with Crippen LogP contribution in [-0.4, -0.2) is 21.9 Å². The van der Waals surface area contributed by atoms with Gasteiger partial charge in [0.2, 0.25) is 0 Å². The predicted molar refractivity (Wildman–Crippen MR) is 80.8 cm³/mol. The van der Waals surface area contributed by atoms with Crippen molar-refractivity contribution in [2.24, 2.45) is 7.05 Å². The molecule has 4 heteroatoms. The van der Waals surface area contributed by atoms with Gasteiger partial charge in [0.05, 0.1) is 5.69 Å². The molecular weight excluding hydrogens is 258 g/mol. The Balaban J connectivity index is 2.24. The summed E-state index contributed by atoms with van der Waals surface area (Å²) < 4.78 is 1.79. The smallest absolute Gasteiger partial charge is 0.130 e. The zero-order valence-electron chi connectivity index (χ0n) is 12.4. The second-order valence-corrected chi connectivity index (χ2v) is 6.28. The molecule has 0 spiro atoms. The molecule has 1 aromatic heterocycles. The Kier molecular flexibility index (Phi) is 4.91. The van der Waals surface area contributed by atoms with Gasteiger partial charge in [-0.15, -0.1) is 0 Å². The molecule has 0 bridgehead atoms. The van der Waals surface area contributed by atoms with Gasteiger partial charge < -0.3 is 5.32 Å². The van der Waals surface area contributed by atoms with E-state index in [0.29, 0.717) is 0 Å². The maximum absolute atomic E-state index is 6.41. The minimum absolute atomic E-state index is 0.225. The number of hydrogen-bond acceptors (Lipinski definition) is 2. The zero-order valence-corrected chi connectivity index (χ0v) is 13.2. The lowest BCUT2D eigenvalue weighted by Crippen LogP contribution is -2.46. The van der Waals surface area contributed by atoms with Crippen molar-refractivity contribution in [3.63, 3.8) is 0 Å². The van der Waals surface area contributed by atoms with Crippen molar-refractivity contribution in [3.8, 4) is 0 Å². The van der Waals surface area contributed by atoms with Gasteiger partial charge in [0.15, 0.2) is 0 Å². The molecule has 0 amide bonds. The minimum atomic E-state index is 0.225. The largest absolute Gasteiger partial charge is 0.311 e. The highest BCUT2D eigenvalue weighted by Crippen LogP contribution is 2.31. The number of nitrogens with one attached hydrogen (secondary N) is 1. The summed E-state index contributed by atoms with van der Waals surface area (Å²) in [4.78, 5) is 0. The summed E-state index contributed by atoms with van der Waals surface area (Å²) >= 11 is 6.41. The van der Waals surface area contributed by atoms with Crippen LogP contribution < -0.4 is 5.32 Å². The highest BCUT2D eigenvalue weighted by molar-refractivity contribution is 6.30. The number of hydrogen-bond donors (Lipinski definition) is 1. The molecule has 19 heavy (non-hydrogen) atoms. The first kappa shape index (κ1) is 14.9. The first-order chi connectivity index (χ1) is 9.08. The van der Waals surface area contributed by atoms with Crippen LogP contribution in [0.5, 0.6) is 0 Å². The fourth-order valence-electron chi connectivity index (χ4n) is 3.35. The molecular formula is C15H26ClN3. The minimum Gasteiger partial charge on any atom is -0.311 e. The van der Waals surface area contributed by atoms with E-state index in [1.54, 1.807) is 4.68 Å². The van der Waals surface area contributed by atoms with Crippen molar-refractivity contribution >= 4 is 11.6 Å². The third kappa shape index (κ3) is 3.32. The molecule has 108 valence electrons. The van der Waals surface area contributed by atoms with E-state index in [1.807, 2.05) is 7.05 Å². The first-order valence-corrected chi connectivity index (χ1v) is 7.89. The lowest BCUT2D eigenvalue weighted by atomic mass is 9.83. The molecule has 3 nitrogen and oxygen atoms in total. The number of rotatable bonds is 4. The maximum atomic E-state index is 6.41. The van der Waals surface area contributed by atoms with Crippen LogP contribution in [0.2, 0.25) is 5.15 Å². The van der Waals surface area contributed by atoms with Crippen molar-refractivity contribution in [2.45, 2.75) is 64.3 Å². The molecule has 0 aromatic carbocycles. The van der Waals surface area contributed by atoms with Gasteiger partial charge in [-0.05, 0) is 39.2 Å². The molecule has 2 heterocycles. The lowest BCUT2D eigenvalue weighted by Gasteiger charge is -2.34. The zero-order chi connectivity index (χ0) is 13.9. The van der Waals surface area contributed by atoms with Crippen LogP contribution in [0.15, 0.2) is 0 Å². The van der Waals surface area contributed by atoms with Gasteiger partial charge in [-0.3, -0.25) is 4.68 Å². The lowest BCUT2D eigenvalue weighted by molar-refractivity contribution is 0.288. The van der Waals surface area contributed by atoms with Crippen LogP contribution in [0.1, 0.15) is 56.7 Å². The van der Waals surface area contributed by atoms with E-state index in [0.717, 1.165) is 23.8 Å². The normalized spacial score (nSPS) is 24.4. The average molecular weight is 284 g/mol. The topological polar surface area (TPSA) is 29.9 Å². The highest BCUT2D eigenvalue weighted by atomic mass is 35.5. The van der Waals surface area contributed by atoms with Crippen molar-refractivity contribution < 1.29 is 0 Å². The summed E-state index contributed by atoms with van der Waals surface area (Å²) in [5.74, 6) is 0. The Bertz CT molecular complexity index is 417. The van der Waals surface area contributed by atoms with Crippen molar-refractivity contribution in [1.29, 1.82) is 0 Å². The van der Waals surface area contributed by atoms with E-state index >= 15 is 0 Å². The molecule has 0 saturated carbocycles. The number of aryl methyl sites for hydroxylation is 2. The van der Waals surface area contributed by atoms with Gasteiger partial charge in [0.1, 0.15) is 5.15 Å². The summed E-state index contributed by atoms with van der Waals surface area (Å²) in [6.45, 7) is 5.47. The Hall–Kier alpha value is -0.540. The summed E-state index contributed by atoms with van der Waals surface area (Å²) in [5, 5.41) is 9.06. The van der Waals surface area contributed by atoms with Gasteiger partial charge in [0, 0.05) is 18.2 Å². The van der Waals surface area contributed by atoms with Crippen molar-refractivity contribution in [1.82, 2.24) is 15.1 Å². The molecule has 0 radical (unpaired) electrons. The molecule has 1 saturated heterocycles. The van der Waals surface area contributed by atoms with E-state index in [1.165, 1.54) is 44.1 Å². The quantitative estimate of drug-likeness (QED) is 0.914. The molecule has 1 fully saturated rings. The molecule has 1 unspecified atom stereocenters. The van der Waals surface area contributed by atoms with E-state index in [9.17, 15) is 0 Å². The molecule has 1 aliphatic heterocycles. The van der Waals surface area contributed by atoms with Gasteiger partial charge in [-0.25, -0.2) is 0 Å². The van der Waals surface area contributed by atoms with Crippen LogP contribution in [0.4, 0.5) is 0 Å². The third-order valence-electron chi connectivity index (χ3n) is 4.35. The third-order valence-corrected chi connectivity index (χ3v) is 4.82. The van der Waals surface area contributed by atoms with E-state index in [-0.39, 0.29) is 5.54 Å². The standard InChI is InChI=1S/C15H26ClN3/c1-4-8-15(9-6-5-7-10-17-15)11-13-12(2)18-19(3)14(13)16/h17H,4-11H2,1-3H3. The summed E-state index contributed by atoms with van der Waals surface area (Å²) in [6, 6.07) is 0.